The van der Waals surface area contributed by atoms with E-state index in [1.807, 2.05) is 16.7 Å². The number of hydrogen-bond acceptors (Lipinski definition) is 6. The van der Waals surface area contributed by atoms with E-state index in [0.29, 0.717) is 29.9 Å². The molecule has 0 unspecified atom stereocenters. The zero-order valence-corrected chi connectivity index (χ0v) is 17.2. The number of rotatable bonds is 5. The minimum Gasteiger partial charge on any atom is -0.481 e. The second-order valence-corrected chi connectivity index (χ2v) is 8.11. The number of carbonyl (C=O) groups is 1. The van der Waals surface area contributed by atoms with E-state index in [4.69, 9.17) is 4.74 Å². The van der Waals surface area contributed by atoms with Crippen molar-refractivity contribution in [3.8, 4) is 5.88 Å². The molecular weight excluding hydrogens is 399 g/mol. The van der Waals surface area contributed by atoms with Crippen molar-refractivity contribution in [1.82, 2.24) is 24.6 Å². The van der Waals surface area contributed by atoms with Crippen LogP contribution in [0.3, 0.4) is 0 Å². The molecule has 1 saturated heterocycles. The molecular formula is C22H23FN6O2. The van der Waals surface area contributed by atoms with E-state index in [2.05, 4.69) is 25.4 Å². The topological polar surface area (TPSA) is 85.2 Å². The summed E-state index contributed by atoms with van der Waals surface area (Å²) in [5.41, 5.74) is 1.46. The summed E-state index contributed by atoms with van der Waals surface area (Å²) in [5, 5.41) is 11.1. The van der Waals surface area contributed by atoms with Gasteiger partial charge in [-0.25, -0.2) is 9.37 Å². The number of nitrogens with one attached hydrogen (secondary N) is 1. The number of halogens is 1. The number of anilines is 1. The Balaban J connectivity index is 1.28. The number of likely N-dealkylation sites (tertiary alicyclic amines) is 1. The average Bonchev–Trinajstić information content (AvgIpc) is 3.35. The predicted octanol–water partition coefficient (Wildman–Crippen LogP) is 2.38. The van der Waals surface area contributed by atoms with Crippen molar-refractivity contribution in [2.45, 2.75) is 19.5 Å². The van der Waals surface area contributed by atoms with E-state index in [1.165, 1.54) is 12.1 Å². The highest BCUT2D eigenvalue weighted by atomic mass is 19.1. The van der Waals surface area contributed by atoms with Gasteiger partial charge in [0.25, 0.3) is 5.91 Å². The number of ether oxygens (including phenoxy) is 1. The molecule has 0 radical (unpaired) electrons. The zero-order valence-electron chi connectivity index (χ0n) is 17.2. The van der Waals surface area contributed by atoms with Crippen molar-refractivity contribution < 1.29 is 13.9 Å². The first kappa shape index (κ1) is 19.6. The molecule has 2 atom stereocenters. The highest BCUT2D eigenvalue weighted by Gasteiger charge is 2.39. The van der Waals surface area contributed by atoms with Gasteiger partial charge in [-0.3, -0.25) is 9.69 Å². The molecule has 9 heteroatoms. The number of methoxy groups -OCH3 is 1. The first-order chi connectivity index (χ1) is 15.1. The SMILES string of the molecule is COc1ncccc1CN1C[C@H]2Cc3nnc(C(=O)Nc4cccc(F)c4)n3C[C@@H]2C1. The minimum absolute atomic E-state index is 0.269. The second-order valence-electron chi connectivity index (χ2n) is 8.11. The first-order valence-electron chi connectivity index (χ1n) is 10.3. The van der Waals surface area contributed by atoms with E-state index in [-0.39, 0.29) is 11.7 Å². The third-order valence-electron chi connectivity index (χ3n) is 6.06. The first-order valence-corrected chi connectivity index (χ1v) is 10.3. The Bertz CT molecular complexity index is 1120. The van der Waals surface area contributed by atoms with E-state index >= 15 is 0 Å². The number of benzene rings is 1. The molecule has 2 aliphatic rings. The Hall–Kier alpha value is -3.33. The van der Waals surface area contributed by atoms with Gasteiger partial charge in [-0.2, -0.15) is 0 Å². The van der Waals surface area contributed by atoms with Crippen molar-refractivity contribution in [2.75, 3.05) is 25.5 Å². The fraction of sp³-hybridized carbons (Fsp3) is 0.364. The highest BCUT2D eigenvalue weighted by Crippen LogP contribution is 2.34. The van der Waals surface area contributed by atoms with E-state index in [9.17, 15) is 9.18 Å². The van der Waals surface area contributed by atoms with Crippen LogP contribution in [0.5, 0.6) is 5.88 Å². The lowest BCUT2D eigenvalue weighted by atomic mass is 9.89. The molecule has 4 heterocycles. The third kappa shape index (κ3) is 3.88. The van der Waals surface area contributed by atoms with Gasteiger partial charge in [0.1, 0.15) is 11.6 Å². The summed E-state index contributed by atoms with van der Waals surface area (Å²) >= 11 is 0. The number of carbonyl (C=O) groups excluding carboxylic acids is 1. The van der Waals surface area contributed by atoms with Crippen LogP contribution in [0.2, 0.25) is 0 Å². The number of pyridine rings is 1. The van der Waals surface area contributed by atoms with Crippen molar-refractivity contribution >= 4 is 11.6 Å². The molecule has 1 N–H and O–H groups in total. The van der Waals surface area contributed by atoms with Gasteiger partial charge in [0, 0.05) is 50.0 Å². The van der Waals surface area contributed by atoms with Crippen LogP contribution in [0.1, 0.15) is 22.0 Å². The van der Waals surface area contributed by atoms with Crippen LogP contribution in [-0.2, 0) is 19.5 Å². The van der Waals surface area contributed by atoms with Crippen LogP contribution < -0.4 is 10.1 Å². The molecule has 0 aliphatic carbocycles. The van der Waals surface area contributed by atoms with Gasteiger partial charge >= 0.3 is 0 Å². The molecule has 160 valence electrons. The van der Waals surface area contributed by atoms with Gasteiger partial charge in [0.15, 0.2) is 0 Å². The molecule has 1 amide bonds. The third-order valence-corrected chi connectivity index (χ3v) is 6.06. The molecule has 0 bridgehead atoms. The molecule has 31 heavy (non-hydrogen) atoms. The minimum atomic E-state index is -0.403. The summed E-state index contributed by atoms with van der Waals surface area (Å²) in [6.07, 6.45) is 2.51. The largest absolute Gasteiger partial charge is 0.481 e. The van der Waals surface area contributed by atoms with E-state index in [0.717, 1.165) is 37.4 Å². The fourth-order valence-corrected chi connectivity index (χ4v) is 4.64. The average molecular weight is 422 g/mol. The molecule has 3 aromatic rings. The summed E-state index contributed by atoms with van der Waals surface area (Å²) in [6.45, 7) is 3.35. The number of aromatic nitrogens is 4. The zero-order chi connectivity index (χ0) is 21.4. The molecule has 8 nitrogen and oxygen atoms in total. The van der Waals surface area contributed by atoms with Crippen LogP contribution in [0.4, 0.5) is 10.1 Å². The fourth-order valence-electron chi connectivity index (χ4n) is 4.64. The summed E-state index contributed by atoms with van der Waals surface area (Å²) in [6, 6.07) is 9.78. The second kappa shape index (κ2) is 8.07. The number of amides is 1. The number of hydrogen-bond donors (Lipinski definition) is 1. The number of fused-ring (bicyclic) bond motifs is 2. The molecule has 1 fully saturated rings. The summed E-state index contributed by atoms with van der Waals surface area (Å²) < 4.78 is 20.7. The van der Waals surface area contributed by atoms with Crippen molar-refractivity contribution in [3.63, 3.8) is 0 Å². The Morgan fingerprint density at radius 3 is 2.90 bits per heavy atom. The quantitative estimate of drug-likeness (QED) is 0.680. The molecule has 2 aliphatic heterocycles. The van der Waals surface area contributed by atoms with Gasteiger partial charge in [-0.05, 0) is 36.1 Å². The summed E-state index contributed by atoms with van der Waals surface area (Å²) in [4.78, 5) is 19.4. The smallest absolute Gasteiger partial charge is 0.293 e. The molecule has 1 aromatic carbocycles. The lowest BCUT2D eigenvalue weighted by Gasteiger charge is -2.25. The maximum Gasteiger partial charge on any atom is 0.293 e. The summed E-state index contributed by atoms with van der Waals surface area (Å²) in [5.74, 6) is 1.85. The van der Waals surface area contributed by atoms with Gasteiger partial charge in [-0.1, -0.05) is 12.1 Å². The number of nitrogens with zero attached hydrogens (tertiary/aromatic N) is 5. The highest BCUT2D eigenvalue weighted by molar-refractivity contribution is 6.01. The maximum absolute atomic E-state index is 13.4. The molecule has 0 spiro atoms. The van der Waals surface area contributed by atoms with Crippen LogP contribution >= 0.6 is 0 Å². The lowest BCUT2D eigenvalue weighted by Crippen LogP contribution is -2.31. The van der Waals surface area contributed by atoms with Gasteiger partial charge in [0.2, 0.25) is 11.7 Å². The van der Waals surface area contributed by atoms with Gasteiger partial charge in [0.05, 0.1) is 7.11 Å². The molecule has 5 rings (SSSR count). The van der Waals surface area contributed by atoms with Crippen molar-refractivity contribution in [1.29, 1.82) is 0 Å². The monoisotopic (exact) mass is 422 g/mol. The maximum atomic E-state index is 13.4. The molecule has 0 saturated carbocycles. The Labute approximate surface area is 179 Å². The van der Waals surface area contributed by atoms with E-state index in [1.54, 1.807) is 25.4 Å². The Kier molecular flexibility index (Phi) is 5.11. The standard InChI is InChI=1S/C22H23FN6O2/c1-31-22-14(4-3-7-24-22)10-28-11-15-8-19-26-27-20(29(19)13-16(15)12-28)21(30)25-18-6-2-5-17(23)9-18/h2-7,9,15-16H,8,10-13H2,1H3,(H,25,30)/t15-,16+/m1/s1. The van der Waals surface area contributed by atoms with Crippen LogP contribution in [-0.4, -0.2) is 50.8 Å². The Morgan fingerprint density at radius 1 is 1.19 bits per heavy atom. The lowest BCUT2D eigenvalue weighted by molar-refractivity contribution is 0.100. The van der Waals surface area contributed by atoms with Gasteiger partial charge < -0.3 is 14.6 Å². The summed E-state index contributed by atoms with van der Waals surface area (Å²) in [7, 11) is 1.64. The van der Waals surface area contributed by atoms with Crippen LogP contribution in [0.25, 0.3) is 0 Å². The van der Waals surface area contributed by atoms with Crippen LogP contribution in [0.15, 0.2) is 42.6 Å². The Morgan fingerprint density at radius 2 is 2.06 bits per heavy atom. The van der Waals surface area contributed by atoms with Crippen molar-refractivity contribution in [3.05, 3.63) is 65.6 Å². The molecule has 2 aromatic heterocycles. The van der Waals surface area contributed by atoms with Crippen LogP contribution in [0, 0.1) is 17.7 Å². The normalized spacial score (nSPS) is 20.2. The van der Waals surface area contributed by atoms with Gasteiger partial charge in [-0.15, -0.1) is 10.2 Å². The van der Waals surface area contributed by atoms with Crippen molar-refractivity contribution in [2.24, 2.45) is 11.8 Å². The predicted molar refractivity (Wildman–Crippen MR) is 111 cm³/mol. The van der Waals surface area contributed by atoms with E-state index < -0.39 is 5.82 Å².